The van der Waals surface area contributed by atoms with Gasteiger partial charge in [0.2, 0.25) is 0 Å². The van der Waals surface area contributed by atoms with Gasteiger partial charge in [0, 0.05) is 19.1 Å². The van der Waals surface area contributed by atoms with E-state index in [1.54, 1.807) is 0 Å². The number of hydrogen-bond acceptors (Lipinski definition) is 2. The van der Waals surface area contributed by atoms with Gasteiger partial charge in [-0.15, -0.1) is 0 Å². The van der Waals surface area contributed by atoms with Crippen LogP contribution in [0, 0.1) is 0 Å². The fraction of sp³-hybridized carbons (Fsp3) is 0.379. The van der Waals surface area contributed by atoms with Crippen molar-refractivity contribution in [2.45, 2.75) is 63.2 Å². The van der Waals surface area contributed by atoms with E-state index in [9.17, 15) is 0 Å². The highest BCUT2D eigenvalue weighted by molar-refractivity contribution is 5.32. The van der Waals surface area contributed by atoms with Crippen LogP contribution in [0.3, 0.4) is 0 Å². The predicted octanol–water partition coefficient (Wildman–Crippen LogP) is 6.45. The quantitative estimate of drug-likeness (QED) is 0.502. The fourth-order valence-electron chi connectivity index (χ4n) is 5.57. The summed E-state index contributed by atoms with van der Waals surface area (Å²) in [6.07, 6.45) is 7.82. The zero-order valence-electron chi connectivity index (χ0n) is 18.4. The fourth-order valence-corrected chi connectivity index (χ4v) is 5.57. The topological polar surface area (TPSA) is 15.3 Å². The van der Waals surface area contributed by atoms with E-state index in [2.05, 4.69) is 95.1 Å². The molecule has 2 atom stereocenters. The van der Waals surface area contributed by atoms with Crippen molar-refractivity contribution in [2.75, 3.05) is 6.54 Å². The largest absolute Gasteiger partial charge is 0.306 e. The van der Waals surface area contributed by atoms with E-state index < -0.39 is 0 Å². The van der Waals surface area contributed by atoms with Gasteiger partial charge >= 0.3 is 0 Å². The van der Waals surface area contributed by atoms with Gasteiger partial charge in [-0.2, -0.15) is 0 Å². The summed E-state index contributed by atoms with van der Waals surface area (Å²) >= 11 is 0. The maximum Gasteiger partial charge on any atom is 0.0546 e. The van der Waals surface area contributed by atoms with Gasteiger partial charge in [0.1, 0.15) is 0 Å². The van der Waals surface area contributed by atoms with Crippen LogP contribution < -0.4 is 5.32 Å². The van der Waals surface area contributed by atoms with Gasteiger partial charge in [-0.25, -0.2) is 0 Å². The Balaban J connectivity index is 1.52. The van der Waals surface area contributed by atoms with Crippen LogP contribution in [0.1, 0.15) is 66.4 Å². The average molecular weight is 411 g/mol. The molecular formula is C29H34N2. The molecule has 1 aliphatic heterocycles. The first-order chi connectivity index (χ1) is 15.4. The van der Waals surface area contributed by atoms with Gasteiger partial charge in [0.25, 0.3) is 0 Å². The minimum Gasteiger partial charge on any atom is -0.306 e. The Kier molecular flexibility index (Phi) is 6.48. The molecule has 0 spiro atoms. The van der Waals surface area contributed by atoms with Gasteiger partial charge in [-0.05, 0) is 41.5 Å². The molecule has 0 amide bonds. The van der Waals surface area contributed by atoms with Gasteiger partial charge in [0.05, 0.1) is 12.1 Å². The molecule has 0 radical (unpaired) electrons. The van der Waals surface area contributed by atoms with Crippen LogP contribution in [0.4, 0.5) is 0 Å². The highest BCUT2D eigenvalue weighted by Gasteiger charge is 2.33. The Morgan fingerprint density at radius 3 is 2.00 bits per heavy atom. The normalized spacial score (nSPS) is 19.5. The summed E-state index contributed by atoms with van der Waals surface area (Å²) in [6.45, 7) is 2.12. The summed E-state index contributed by atoms with van der Waals surface area (Å²) in [6, 6.07) is 32.5. The maximum absolute atomic E-state index is 4.15. The highest BCUT2D eigenvalue weighted by Crippen LogP contribution is 2.38. The molecule has 160 valence electrons. The zero-order valence-corrected chi connectivity index (χ0v) is 18.4. The summed E-state index contributed by atoms with van der Waals surface area (Å²) in [7, 11) is 0. The second kappa shape index (κ2) is 9.80. The molecule has 5 rings (SSSR count). The third-order valence-electron chi connectivity index (χ3n) is 7.19. The lowest BCUT2D eigenvalue weighted by molar-refractivity contribution is 0.130. The molecule has 2 nitrogen and oxygen atoms in total. The second-order valence-corrected chi connectivity index (χ2v) is 9.23. The van der Waals surface area contributed by atoms with Crippen molar-refractivity contribution in [3.8, 4) is 0 Å². The van der Waals surface area contributed by atoms with E-state index in [1.807, 2.05) is 0 Å². The van der Waals surface area contributed by atoms with Crippen molar-refractivity contribution in [2.24, 2.45) is 0 Å². The molecule has 1 heterocycles. The number of nitrogens with one attached hydrogen (secondary N) is 1. The number of hydrogen-bond donors (Lipinski definition) is 1. The van der Waals surface area contributed by atoms with Crippen LogP contribution in [0.15, 0.2) is 84.9 Å². The Hall–Kier alpha value is -2.42. The molecule has 1 aliphatic carbocycles. The summed E-state index contributed by atoms with van der Waals surface area (Å²) in [5, 5.41) is 4.15. The second-order valence-electron chi connectivity index (χ2n) is 9.23. The summed E-state index contributed by atoms with van der Waals surface area (Å²) in [5.74, 6) is 0. The minimum atomic E-state index is 0.289. The number of rotatable bonds is 6. The average Bonchev–Trinajstić information content (AvgIpc) is 2.85. The van der Waals surface area contributed by atoms with Gasteiger partial charge in [0.15, 0.2) is 0 Å². The van der Waals surface area contributed by atoms with Crippen LogP contribution in [0.5, 0.6) is 0 Å². The summed E-state index contributed by atoms with van der Waals surface area (Å²) in [4.78, 5) is 2.71. The first-order valence-corrected chi connectivity index (χ1v) is 12.1. The Bertz CT molecular complexity index is 947. The zero-order chi connectivity index (χ0) is 20.9. The van der Waals surface area contributed by atoms with E-state index >= 15 is 0 Å². The van der Waals surface area contributed by atoms with Crippen LogP contribution in [0.25, 0.3) is 0 Å². The maximum atomic E-state index is 4.15. The van der Waals surface area contributed by atoms with E-state index in [-0.39, 0.29) is 6.04 Å². The first kappa shape index (κ1) is 20.5. The van der Waals surface area contributed by atoms with Crippen molar-refractivity contribution < 1.29 is 0 Å². The van der Waals surface area contributed by atoms with Crippen molar-refractivity contribution in [3.05, 3.63) is 107 Å². The van der Waals surface area contributed by atoms with Crippen LogP contribution >= 0.6 is 0 Å². The molecule has 1 N–H and O–H groups in total. The van der Waals surface area contributed by atoms with Crippen molar-refractivity contribution in [1.82, 2.24) is 10.2 Å². The molecule has 2 aliphatic rings. The van der Waals surface area contributed by atoms with E-state index in [1.165, 1.54) is 54.4 Å². The number of benzene rings is 3. The third kappa shape index (κ3) is 4.76. The molecule has 31 heavy (non-hydrogen) atoms. The lowest BCUT2D eigenvalue weighted by Crippen LogP contribution is -2.44. The summed E-state index contributed by atoms with van der Waals surface area (Å²) in [5.41, 5.74) is 5.82. The van der Waals surface area contributed by atoms with Crippen molar-refractivity contribution in [1.29, 1.82) is 0 Å². The van der Waals surface area contributed by atoms with E-state index in [0.29, 0.717) is 12.1 Å². The summed E-state index contributed by atoms with van der Waals surface area (Å²) < 4.78 is 0. The van der Waals surface area contributed by atoms with Crippen LogP contribution in [-0.2, 0) is 13.0 Å². The van der Waals surface area contributed by atoms with Gasteiger partial charge in [-0.1, -0.05) is 104 Å². The lowest BCUT2D eigenvalue weighted by atomic mass is 9.87. The van der Waals surface area contributed by atoms with Gasteiger partial charge < -0.3 is 5.32 Å². The van der Waals surface area contributed by atoms with Crippen molar-refractivity contribution in [3.63, 3.8) is 0 Å². The van der Waals surface area contributed by atoms with Crippen LogP contribution in [-0.4, -0.2) is 17.5 Å². The molecule has 2 heteroatoms. The molecule has 2 unspecified atom stereocenters. The standard InChI is InChI=1S/C29H34N2/c1-4-13-24(14-5-1)28(30-27-18-8-3-9-19-27)29(25-15-6-2-7-16-25)31-21-20-23-12-10-11-17-26(23)22-31/h1-2,4-7,10-17,27-30H,3,8-9,18-22H2. The highest BCUT2D eigenvalue weighted by atomic mass is 15.2. The molecule has 1 saturated carbocycles. The molecule has 3 aromatic carbocycles. The van der Waals surface area contributed by atoms with E-state index in [0.717, 1.165) is 19.5 Å². The molecule has 0 bridgehead atoms. The molecule has 0 aromatic heterocycles. The molecule has 3 aromatic rings. The Morgan fingerprint density at radius 2 is 1.29 bits per heavy atom. The van der Waals surface area contributed by atoms with Gasteiger partial charge in [-0.3, -0.25) is 4.90 Å². The number of fused-ring (bicyclic) bond motifs is 1. The molecule has 0 saturated heterocycles. The third-order valence-corrected chi connectivity index (χ3v) is 7.19. The smallest absolute Gasteiger partial charge is 0.0546 e. The minimum absolute atomic E-state index is 0.289. The number of nitrogens with zero attached hydrogens (tertiary/aromatic N) is 1. The van der Waals surface area contributed by atoms with E-state index in [4.69, 9.17) is 0 Å². The molecular weight excluding hydrogens is 376 g/mol. The molecule has 1 fully saturated rings. The lowest BCUT2D eigenvalue weighted by Gasteiger charge is -2.42. The predicted molar refractivity (Wildman–Crippen MR) is 129 cm³/mol. The SMILES string of the molecule is c1ccc(C(NC2CCCCC2)C(c2ccccc2)N2CCc3ccccc3C2)cc1. The Morgan fingerprint density at radius 1 is 0.677 bits per heavy atom. The Labute approximate surface area is 187 Å². The van der Waals surface area contributed by atoms with Crippen molar-refractivity contribution >= 4 is 0 Å². The van der Waals surface area contributed by atoms with Crippen LogP contribution in [0.2, 0.25) is 0 Å². The monoisotopic (exact) mass is 410 g/mol. The first-order valence-electron chi connectivity index (χ1n) is 12.1.